The quantitative estimate of drug-likeness (QED) is 0.538. The molecule has 10 heteroatoms. The Balaban J connectivity index is 1.38. The van der Waals surface area contributed by atoms with E-state index in [0.717, 1.165) is 22.2 Å². The third-order valence-corrected chi connectivity index (χ3v) is 6.02. The van der Waals surface area contributed by atoms with Crippen LogP contribution in [0.15, 0.2) is 46.5 Å². The highest BCUT2D eigenvalue weighted by Gasteiger charge is 2.34. The normalized spacial score (nSPS) is 16.4. The molecule has 1 saturated heterocycles. The van der Waals surface area contributed by atoms with Gasteiger partial charge in [0.25, 0.3) is 17.1 Å². The zero-order chi connectivity index (χ0) is 21.1. The molecule has 3 heterocycles. The summed E-state index contributed by atoms with van der Waals surface area (Å²) in [5, 5.41) is 2.99. The van der Waals surface area contributed by atoms with Crippen LogP contribution in [0.3, 0.4) is 0 Å². The van der Waals surface area contributed by atoms with Crippen LogP contribution in [0.25, 0.3) is 6.08 Å². The lowest BCUT2D eigenvalue weighted by molar-refractivity contribution is -0.122. The lowest BCUT2D eigenvalue weighted by atomic mass is 10.2. The molecule has 2 aromatic rings. The van der Waals surface area contributed by atoms with Crippen LogP contribution in [-0.4, -0.2) is 53.1 Å². The Bertz CT molecular complexity index is 1060. The van der Waals surface area contributed by atoms with Crippen LogP contribution >= 0.6 is 23.5 Å². The largest absolute Gasteiger partial charge is 0.454 e. The molecule has 1 aromatic carbocycles. The van der Waals surface area contributed by atoms with Crippen LogP contribution in [0.4, 0.5) is 4.79 Å². The van der Waals surface area contributed by atoms with Gasteiger partial charge in [-0.2, -0.15) is 0 Å². The van der Waals surface area contributed by atoms with E-state index in [0.29, 0.717) is 27.0 Å². The van der Waals surface area contributed by atoms with Crippen molar-refractivity contribution in [2.24, 2.45) is 0 Å². The molecule has 1 aromatic heterocycles. The number of aromatic nitrogens is 1. The Morgan fingerprint density at radius 2 is 2.13 bits per heavy atom. The second-order valence-corrected chi connectivity index (χ2v) is 8.05. The van der Waals surface area contributed by atoms with Gasteiger partial charge in [-0.1, -0.05) is 6.07 Å². The number of carbonyl (C=O) groups is 3. The van der Waals surface area contributed by atoms with E-state index >= 15 is 0 Å². The summed E-state index contributed by atoms with van der Waals surface area (Å²) in [6.07, 6.45) is 5.10. The van der Waals surface area contributed by atoms with Crippen LogP contribution in [-0.2, 0) is 4.79 Å². The maximum Gasteiger partial charge on any atom is 0.293 e. The number of hydrogen-bond acceptors (Lipinski definition) is 8. The van der Waals surface area contributed by atoms with Gasteiger partial charge in [-0.3, -0.25) is 19.3 Å². The molecule has 0 spiro atoms. The minimum Gasteiger partial charge on any atom is -0.454 e. The summed E-state index contributed by atoms with van der Waals surface area (Å²) in [6.45, 7) is 0.402. The molecule has 4 rings (SSSR count). The predicted octanol–water partition coefficient (Wildman–Crippen LogP) is 3.00. The fourth-order valence-electron chi connectivity index (χ4n) is 2.95. The first-order valence-electron chi connectivity index (χ1n) is 8.99. The maximum absolute atomic E-state index is 12.6. The average Bonchev–Trinajstić information content (AvgIpc) is 3.32. The summed E-state index contributed by atoms with van der Waals surface area (Å²) in [4.78, 5) is 42.9. The van der Waals surface area contributed by atoms with Gasteiger partial charge in [0, 0.05) is 19.3 Å². The van der Waals surface area contributed by atoms with Crippen LogP contribution in [0.2, 0.25) is 0 Å². The van der Waals surface area contributed by atoms with E-state index in [9.17, 15) is 14.4 Å². The second-order valence-electron chi connectivity index (χ2n) is 6.26. The van der Waals surface area contributed by atoms with Gasteiger partial charge in [-0.15, -0.1) is 11.8 Å². The smallest absolute Gasteiger partial charge is 0.293 e. The summed E-state index contributed by atoms with van der Waals surface area (Å²) < 4.78 is 10.6. The first-order valence-corrected chi connectivity index (χ1v) is 11.0. The van der Waals surface area contributed by atoms with Crippen molar-refractivity contribution in [2.75, 3.05) is 26.1 Å². The van der Waals surface area contributed by atoms with E-state index in [1.807, 2.05) is 6.26 Å². The Hall–Kier alpha value is -2.98. The van der Waals surface area contributed by atoms with Gasteiger partial charge in [-0.05, 0) is 53.9 Å². The van der Waals surface area contributed by atoms with E-state index in [1.54, 1.807) is 42.6 Å². The van der Waals surface area contributed by atoms with E-state index < -0.39 is 0 Å². The first-order chi connectivity index (χ1) is 14.6. The van der Waals surface area contributed by atoms with Crippen molar-refractivity contribution in [3.8, 4) is 11.5 Å². The van der Waals surface area contributed by atoms with Crippen LogP contribution in [0.1, 0.15) is 15.9 Å². The molecule has 0 atom stereocenters. The van der Waals surface area contributed by atoms with Crippen LogP contribution < -0.4 is 14.8 Å². The number of carbonyl (C=O) groups excluding carboxylic acids is 3. The van der Waals surface area contributed by atoms with Gasteiger partial charge in [-0.25, -0.2) is 4.98 Å². The summed E-state index contributed by atoms with van der Waals surface area (Å²) >= 11 is 2.25. The minimum absolute atomic E-state index is 0.0871. The van der Waals surface area contributed by atoms with Gasteiger partial charge < -0.3 is 14.8 Å². The molecule has 0 unspecified atom stereocenters. The molecule has 0 radical (unpaired) electrons. The number of nitrogens with one attached hydrogen (secondary N) is 1. The SMILES string of the molecule is CSc1ncccc1C(=O)NCCN1C(=O)S/C(=C\c2ccc3c(c2)OCO3)C1=O. The van der Waals surface area contributed by atoms with Crippen molar-refractivity contribution in [3.63, 3.8) is 0 Å². The van der Waals surface area contributed by atoms with Crippen molar-refractivity contribution < 1.29 is 23.9 Å². The standard InChI is InChI=1S/C20H17N3O5S2/c1-29-18-13(3-2-6-22-18)17(24)21-7-8-23-19(25)16(30-20(23)26)10-12-4-5-14-15(9-12)28-11-27-14/h2-6,9-10H,7-8,11H2,1H3,(H,21,24)/b16-10-. The summed E-state index contributed by atoms with van der Waals surface area (Å²) in [5.74, 6) is 0.568. The summed E-state index contributed by atoms with van der Waals surface area (Å²) in [7, 11) is 0. The van der Waals surface area contributed by atoms with Crippen molar-refractivity contribution in [1.82, 2.24) is 15.2 Å². The Morgan fingerprint density at radius 1 is 1.30 bits per heavy atom. The number of benzene rings is 1. The summed E-state index contributed by atoms with van der Waals surface area (Å²) in [6, 6.07) is 8.68. The molecule has 1 fully saturated rings. The van der Waals surface area contributed by atoms with Gasteiger partial charge in [0.2, 0.25) is 6.79 Å². The number of fused-ring (bicyclic) bond motifs is 1. The number of ether oxygens (including phenoxy) is 2. The number of hydrogen-bond donors (Lipinski definition) is 1. The van der Waals surface area contributed by atoms with Crippen LogP contribution in [0.5, 0.6) is 11.5 Å². The first kappa shape index (κ1) is 20.3. The topological polar surface area (TPSA) is 97.8 Å². The molecular formula is C20H17N3O5S2. The highest BCUT2D eigenvalue weighted by Crippen LogP contribution is 2.36. The molecule has 0 bridgehead atoms. The molecular weight excluding hydrogens is 426 g/mol. The molecule has 8 nitrogen and oxygen atoms in total. The van der Waals surface area contributed by atoms with Crippen molar-refractivity contribution >= 4 is 46.7 Å². The molecule has 1 N–H and O–H groups in total. The molecule has 2 aliphatic rings. The number of pyridine rings is 1. The number of rotatable bonds is 6. The number of imide groups is 1. The predicted molar refractivity (Wildman–Crippen MR) is 114 cm³/mol. The molecule has 154 valence electrons. The zero-order valence-electron chi connectivity index (χ0n) is 15.9. The van der Waals surface area contributed by atoms with Crippen molar-refractivity contribution in [3.05, 3.63) is 52.6 Å². The monoisotopic (exact) mass is 443 g/mol. The third-order valence-electron chi connectivity index (χ3n) is 4.40. The lowest BCUT2D eigenvalue weighted by Crippen LogP contribution is -2.37. The average molecular weight is 444 g/mol. The highest BCUT2D eigenvalue weighted by atomic mass is 32.2. The zero-order valence-corrected chi connectivity index (χ0v) is 17.5. The van der Waals surface area contributed by atoms with Crippen molar-refractivity contribution in [2.45, 2.75) is 5.03 Å². The van der Waals surface area contributed by atoms with Gasteiger partial charge >= 0.3 is 0 Å². The molecule has 30 heavy (non-hydrogen) atoms. The van der Waals surface area contributed by atoms with Crippen molar-refractivity contribution in [1.29, 1.82) is 0 Å². The fraction of sp³-hybridized carbons (Fsp3) is 0.200. The Kier molecular flexibility index (Phi) is 5.96. The molecule has 0 aliphatic carbocycles. The maximum atomic E-state index is 12.6. The fourth-order valence-corrected chi connectivity index (χ4v) is 4.36. The minimum atomic E-state index is -0.386. The third kappa shape index (κ3) is 4.14. The second kappa shape index (κ2) is 8.80. The number of nitrogens with zero attached hydrogens (tertiary/aromatic N) is 2. The van der Waals surface area contributed by atoms with E-state index in [1.165, 1.54) is 11.8 Å². The van der Waals surface area contributed by atoms with E-state index in [4.69, 9.17) is 9.47 Å². The molecule has 3 amide bonds. The summed E-state index contributed by atoms with van der Waals surface area (Å²) in [5.41, 5.74) is 1.20. The van der Waals surface area contributed by atoms with Gasteiger partial charge in [0.05, 0.1) is 10.5 Å². The molecule has 2 aliphatic heterocycles. The van der Waals surface area contributed by atoms with Crippen LogP contribution in [0, 0.1) is 0 Å². The van der Waals surface area contributed by atoms with E-state index in [-0.39, 0.29) is 36.9 Å². The Labute approximate surface area is 181 Å². The highest BCUT2D eigenvalue weighted by molar-refractivity contribution is 8.18. The van der Waals surface area contributed by atoms with Gasteiger partial charge in [0.15, 0.2) is 11.5 Å². The molecule has 0 saturated carbocycles. The number of thioether (sulfide) groups is 2. The Morgan fingerprint density at radius 3 is 2.97 bits per heavy atom. The lowest BCUT2D eigenvalue weighted by Gasteiger charge is -2.13. The van der Waals surface area contributed by atoms with E-state index in [2.05, 4.69) is 10.3 Å². The van der Waals surface area contributed by atoms with Gasteiger partial charge in [0.1, 0.15) is 5.03 Å². The number of amides is 3.